The molecule has 2 aliphatic rings. The summed E-state index contributed by atoms with van der Waals surface area (Å²) in [5.74, 6) is -0.304. The molecular weight excluding hydrogens is 144 g/mol. The molecule has 0 atom stereocenters. The summed E-state index contributed by atoms with van der Waals surface area (Å²) in [7, 11) is 1.38. The number of ether oxygens (including phenoxy) is 1. The van der Waals surface area contributed by atoms with Crippen molar-refractivity contribution in [3.05, 3.63) is 0 Å². The van der Waals surface area contributed by atoms with Gasteiger partial charge in [0.05, 0.1) is 12.6 Å². The maximum absolute atomic E-state index is 10.9. The van der Waals surface area contributed by atoms with Crippen LogP contribution in [0.2, 0.25) is 0 Å². The number of esters is 1. The lowest BCUT2D eigenvalue weighted by molar-refractivity contribution is -0.132. The van der Waals surface area contributed by atoms with Crippen LogP contribution in [0, 0.1) is 0 Å². The van der Waals surface area contributed by atoms with Gasteiger partial charge < -0.3 is 10.2 Å². The Balaban J connectivity index is 2.02. The number of hydrogen-bond donors (Lipinski definition) is 1. The van der Waals surface area contributed by atoms with Gasteiger partial charge in [0.25, 0.3) is 0 Å². The molecule has 0 aromatic heterocycles. The third-order valence-electron chi connectivity index (χ3n) is 2.21. The Bertz CT molecular complexity index is 231. The first kappa shape index (κ1) is 6.64. The van der Waals surface area contributed by atoms with Gasteiger partial charge in [-0.25, -0.2) is 4.79 Å². The van der Waals surface area contributed by atoms with Crippen LogP contribution in [0.3, 0.4) is 0 Å². The summed E-state index contributed by atoms with van der Waals surface area (Å²) >= 11 is 0. The van der Waals surface area contributed by atoms with Gasteiger partial charge in [-0.2, -0.15) is 5.10 Å². The third-order valence-corrected chi connectivity index (χ3v) is 2.21. The fourth-order valence-corrected chi connectivity index (χ4v) is 1.26. The Morgan fingerprint density at radius 2 is 2.45 bits per heavy atom. The Morgan fingerprint density at radius 1 is 1.73 bits per heavy atom. The standard InChI is InChI=1S/C7H10N2O2/c1-11-6(10)5-4-7(2-3-7)9-8-5/h9H,2-4H2,1H3. The molecule has 0 bridgehead atoms. The van der Waals surface area contributed by atoms with E-state index in [9.17, 15) is 4.79 Å². The van der Waals surface area contributed by atoms with Crippen LogP contribution in [0.15, 0.2) is 5.10 Å². The Labute approximate surface area is 64.6 Å². The molecule has 0 aromatic carbocycles. The average Bonchev–Trinajstić information content (AvgIpc) is 2.61. The van der Waals surface area contributed by atoms with Crippen molar-refractivity contribution in [2.24, 2.45) is 5.10 Å². The molecule has 11 heavy (non-hydrogen) atoms. The van der Waals surface area contributed by atoms with Crippen molar-refractivity contribution in [2.45, 2.75) is 24.8 Å². The molecule has 1 spiro atoms. The smallest absolute Gasteiger partial charge is 0.354 e. The number of carbonyl (C=O) groups is 1. The van der Waals surface area contributed by atoms with Crippen molar-refractivity contribution in [3.63, 3.8) is 0 Å². The molecule has 1 aliphatic carbocycles. The van der Waals surface area contributed by atoms with Crippen molar-refractivity contribution in [2.75, 3.05) is 7.11 Å². The molecule has 1 aliphatic heterocycles. The molecular formula is C7H10N2O2. The average molecular weight is 154 g/mol. The summed E-state index contributed by atoms with van der Waals surface area (Å²) in [5.41, 5.74) is 3.63. The molecule has 0 radical (unpaired) electrons. The lowest BCUT2D eigenvalue weighted by Gasteiger charge is -2.02. The summed E-state index contributed by atoms with van der Waals surface area (Å²) < 4.78 is 4.55. The molecule has 1 N–H and O–H groups in total. The van der Waals surface area contributed by atoms with Crippen LogP contribution in [0.5, 0.6) is 0 Å². The van der Waals surface area contributed by atoms with Crippen LogP contribution in [-0.2, 0) is 9.53 Å². The molecule has 1 heterocycles. The van der Waals surface area contributed by atoms with Crippen molar-refractivity contribution in [1.29, 1.82) is 0 Å². The number of nitrogens with one attached hydrogen (secondary N) is 1. The second-order valence-corrected chi connectivity index (χ2v) is 3.12. The highest BCUT2D eigenvalue weighted by Gasteiger charge is 2.48. The van der Waals surface area contributed by atoms with Crippen molar-refractivity contribution >= 4 is 11.7 Å². The van der Waals surface area contributed by atoms with Crippen molar-refractivity contribution in [1.82, 2.24) is 5.43 Å². The number of nitrogens with zero attached hydrogens (tertiary/aromatic N) is 1. The van der Waals surface area contributed by atoms with E-state index in [0.717, 1.165) is 19.3 Å². The van der Waals surface area contributed by atoms with E-state index in [-0.39, 0.29) is 11.5 Å². The van der Waals surface area contributed by atoms with Crippen molar-refractivity contribution < 1.29 is 9.53 Å². The van der Waals surface area contributed by atoms with Gasteiger partial charge >= 0.3 is 5.97 Å². The Morgan fingerprint density at radius 3 is 2.91 bits per heavy atom. The second-order valence-electron chi connectivity index (χ2n) is 3.12. The van der Waals surface area contributed by atoms with E-state index < -0.39 is 0 Å². The minimum absolute atomic E-state index is 0.142. The molecule has 1 saturated carbocycles. The van der Waals surface area contributed by atoms with Crippen LogP contribution in [-0.4, -0.2) is 24.3 Å². The second kappa shape index (κ2) is 1.96. The molecule has 0 aromatic rings. The maximum atomic E-state index is 10.9. The number of rotatable bonds is 1. The van der Waals surface area contributed by atoms with Gasteiger partial charge in [-0.3, -0.25) is 0 Å². The zero-order chi connectivity index (χ0) is 7.90. The van der Waals surface area contributed by atoms with Gasteiger partial charge in [0, 0.05) is 6.42 Å². The van der Waals surface area contributed by atoms with E-state index in [1.54, 1.807) is 0 Å². The van der Waals surface area contributed by atoms with Gasteiger partial charge in [-0.15, -0.1) is 0 Å². The van der Waals surface area contributed by atoms with E-state index in [4.69, 9.17) is 0 Å². The van der Waals surface area contributed by atoms with E-state index in [0.29, 0.717) is 5.71 Å². The molecule has 0 amide bonds. The van der Waals surface area contributed by atoms with Gasteiger partial charge in [-0.05, 0) is 12.8 Å². The number of methoxy groups -OCH3 is 1. The predicted octanol–water partition coefficient (Wildman–Crippen LogP) is 0.0413. The zero-order valence-corrected chi connectivity index (χ0v) is 6.39. The molecule has 4 nitrogen and oxygen atoms in total. The lowest BCUT2D eigenvalue weighted by atomic mass is 10.1. The first-order valence-electron chi connectivity index (χ1n) is 3.68. The summed E-state index contributed by atoms with van der Waals surface area (Å²) in [5, 5.41) is 3.91. The van der Waals surface area contributed by atoms with E-state index in [2.05, 4.69) is 15.3 Å². The maximum Gasteiger partial charge on any atom is 0.354 e. The Hall–Kier alpha value is -1.06. The molecule has 0 unspecified atom stereocenters. The van der Waals surface area contributed by atoms with Gasteiger partial charge in [0.1, 0.15) is 5.71 Å². The highest BCUT2D eigenvalue weighted by atomic mass is 16.5. The number of hydrazone groups is 1. The topological polar surface area (TPSA) is 50.7 Å². The molecule has 1 fully saturated rings. The van der Waals surface area contributed by atoms with Crippen LogP contribution >= 0.6 is 0 Å². The SMILES string of the molecule is COC(=O)C1=NNC2(CC2)C1. The quantitative estimate of drug-likeness (QED) is 0.542. The van der Waals surface area contributed by atoms with Crippen LogP contribution in [0.1, 0.15) is 19.3 Å². The number of hydrogen-bond acceptors (Lipinski definition) is 4. The van der Waals surface area contributed by atoms with Crippen molar-refractivity contribution in [3.8, 4) is 0 Å². The highest BCUT2D eigenvalue weighted by Crippen LogP contribution is 2.41. The zero-order valence-electron chi connectivity index (χ0n) is 6.39. The van der Waals surface area contributed by atoms with Crippen LogP contribution in [0.25, 0.3) is 0 Å². The molecule has 4 heteroatoms. The normalized spacial score (nSPS) is 24.3. The van der Waals surface area contributed by atoms with E-state index >= 15 is 0 Å². The summed E-state index contributed by atoms with van der Waals surface area (Å²) in [6.45, 7) is 0. The van der Waals surface area contributed by atoms with E-state index in [1.807, 2.05) is 0 Å². The first-order valence-corrected chi connectivity index (χ1v) is 3.68. The largest absolute Gasteiger partial charge is 0.464 e. The predicted molar refractivity (Wildman–Crippen MR) is 39.2 cm³/mol. The third kappa shape index (κ3) is 0.982. The molecule has 60 valence electrons. The van der Waals surface area contributed by atoms with Crippen LogP contribution < -0.4 is 5.43 Å². The molecule has 2 rings (SSSR count). The summed E-state index contributed by atoms with van der Waals surface area (Å²) in [6, 6.07) is 0. The fourth-order valence-electron chi connectivity index (χ4n) is 1.26. The Kier molecular flexibility index (Phi) is 1.19. The minimum Gasteiger partial charge on any atom is -0.464 e. The summed E-state index contributed by atoms with van der Waals surface area (Å²) in [6.07, 6.45) is 2.98. The lowest BCUT2D eigenvalue weighted by Crippen LogP contribution is -2.22. The molecule has 0 saturated heterocycles. The monoisotopic (exact) mass is 154 g/mol. The van der Waals surface area contributed by atoms with Gasteiger partial charge in [-0.1, -0.05) is 0 Å². The summed E-state index contributed by atoms with van der Waals surface area (Å²) in [4.78, 5) is 10.9. The number of carbonyl (C=O) groups excluding carboxylic acids is 1. The first-order chi connectivity index (χ1) is 5.26. The van der Waals surface area contributed by atoms with Crippen LogP contribution in [0.4, 0.5) is 0 Å². The van der Waals surface area contributed by atoms with Gasteiger partial charge in [0.2, 0.25) is 0 Å². The highest BCUT2D eigenvalue weighted by molar-refractivity contribution is 6.37. The van der Waals surface area contributed by atoms with Gasteiger partial charge in [0.15, 0.2) is 0 Å². The van der Waals surface area contributed by atoms with E-state index in [1.165, 1.54) is 7.11 Å². The minimum atomic E-state index is -0.304. The fraction of sp³-hybridized carbons (Fsp3) is 0.714.